The smallest absolute Gasteiger partial charge is 0.249 e. The zero-order valence-corrected chi connectivity index (χ0v) is 15.8. The fraction of sp³-hybridized carbons (Fsp3) is 0. The van der Waals surface area contributed by atoms with Crippen molar-refractivity contribution in [2.75, 3.05) is 5.32 Å². The number of nitrogens with one attached hydrogen (secondary N) is 1. The van der Waals surface area contributed by atoms with Crippen LogP contribution in [0.3, 0.4) is 0 Å². The summed E-state index contributed by atoms with van der Waals surface area (Å²) in [5, 5.41) is 17.9. The van der Waals surface area contributed by atoms with Crippen LogP contribution >= 0.6 is 11.6 Å². The SMILES string of the molecule is N#Cc1cnn(-c2ccc3ccccc3n2)c1NC(=O)/C=C/c1ccccc1Cl. The number of benzene rings is 2. The normalized spacial score (nSPS) is 10.9. The van der Waals surface area contributed by atoms with Crippen LogP contribution in [0.5, 0.6) is 0 Å². The number of halogens is 1. The van der Waals surface area contributed by atoms with E-state index in [-0.39, 0.29) is 11.4 Å². The molecule has 140 valence electrons. The Morgan fingerprint density at radius 3 is 2.72 bits per heavy atom. The lowest BCUT2D eigenvalue weighted by Gasteiger charge is -2.08. The van der Waals surface area contributed by atoms with Crippen LogP contribution in [0.25, 0.3) is 22.8 Å². The van der Waals surface area contributed by atoms with Crippen molar-refractivity contribution in [1.29, 1.82) is 5.26 Å². The highest BCUT2D eigenvalue weighted by Crippen LogP contribution is 2.21. The van der Waals surface area contributed by atoms with Gasteiger partial charge in [0.25, 0.3) is 0 Å². The number of carbonyl (C=O) groups is 1. The first kappa shape index (κ1) is 18.4. The Labute approximate surface area is 171 Å². The van der Waals surface area contributed by atoms with Crippen LogP contribution in [-0.2, 0) is 4.79 Å². The van der Waals surface area contributed by atoms with Crippen molar-refractivity contribution in [2.24, 2.45) is 0 Å². The Kier molecular flexibility index (Phi) is 5.06. The molecule has 2 aromatic carbocycles. The molecule has 0 radical (unpaired) electrons. The Balaban J connectivity index is 1.65. The van der Waals surface area contributed by atoms with Crippen LogP contribution in [0.1, 0.15) is 11.1 Å². The standard InChI is InChI=1S/C22H14ClN5O/c23-18-7-3-1-5-15(18)10-12-21(29)27-22-17(13-24)14-25-28(22)20-11-9-16-6-2-4-8-19(16)26-20/h1-12,14H,(H,27,29)/b12-10+. The van der Waals surface area contributed by atoms with Gasteiger partial charge in [0.15, 0.2) is 11.6 Å². The number of hydrogen-bond donors (Lipinski definition) is 1. The molecule has 4 aromatic rings. The second kappa shape index (κ2) is 7.97. The number of pyridine rings is 1. The van der Waals surface area contributed by atoms with Gasteiger partial charge in [0.2, 0.25) is 5.91 Å². The van der Waals surface area contributed by atoms with E-state index in [2.05, 4.69) is 15.4 Å². The molecule has 2 heterocycles. The minimum atomic E-state index is -0.413. The fourth-order valence-electron chi connectivity index (χ4n) is 2.83. The van der Waals surface area contributed by atoms with Crippen molar-refractivity contribution in [1.82, 2.24) is 14.8 Å². The van der Waals surface area contributed by atoms with Gasteiger partial charge in [0.05, 0.1) is 11.7 Å². The minimum Gasteiger partial charge on any atom is -0.306 e. The Morgan fingerprint density at radius 1 is 1.10 bits per heavy atom. The molecule has 1 N–H and O–H groups in total. The number of hydrogen-bond acceptors (Lipinski definition) is 4. The molecule has 29 heavy (non-hydrogen) atoms. The molecular weight excluding hydrogens is 386 g/mol. The van der Waals surface area contributed by atoms with Gasteiger partial charge < -0.3 is 5.32 Å². The average Bonchev–Trinajstić information content (AvgIpc) is 3.15. The third kappa shape index (κ3) is 3.86. The van der Waals surface area contributed by atoms with Gasteiger partial charge in [0.1, 0.15) is 11.6 Å². The fourth-order valence-corrected chi connectivity index (χ4v) is 3.03. The molecular formula is C22H14ClN5O. The topological polar surface area (TPSA) is 83.6 Å². The number of para-hydroxylation sites is 1. The highest BCUT2D eigenvalue weighted by molar-refractivity contribution is 6.32. The van der Waals surface area contributed by atoms with Crippen molar-refractivity contribution in [2.45, 2.75) is 0 Å². The highest BCUT2D eigenvalue weighted by Gasteiger charge is 2.15. The van der Waals surface area contributed by atoms with Crippen LogP contribution < -0.4 is 5.32 Å². The predicted molar refractivity (Wildman–Crippen MR) is 113 cm³/mol. The van der Waals surface area contributed by atoms with Gasteiger partial charge in [-0.25, -0.2) is 4.98 Å². The summed E-state index contributed by atoms with van der Waals surface area (Å²) in [6, 6.07) is 20.6. The van der Waals surface area contributed by atoms with Crippen LogP contribution in [0.15, 0.2) is 72.9 Å². The number of anilines is 1. The maximum Gasteiger partial charge on any atom is 0.249 e. The van der Waals surface area contributed by atoms with E-state index in [1.165, 1.54) is 17.0 Å². The number of rotatable bonds is 4. The molecule has 0 bridgehead atoms. The third-order valence-corrected chi connectivity index (χ3v) is 4.60. The van der Waals surface area contributed by atoms with E-state index in [1.54, 1.807) is 24.3 Å². The van der Waals surface area contributed by atoms with Crippen molar-refractivity contribution in [3.63, 3.8) is 0 Å². The van der Waals surface area contributed by atoms with Crippen LogP contribution in [-0.4, -0.2) is 20.7 Å². The first-order valence-electron chi connectivity index (χ1n) is 8.73. The van der Waals surface area contributed by atoms with Crippen molar-refractivity contribution >= 4 is 40.3 Å². The van der Waals surface area contributed by atoms with E-state index in [0.29, 0.717) is 10.8 Å². The van der Waals surface area contributed by atoms with Gasteiger partial charge in [0, 0.05) is 16.5 Å². The highest BCUT2D eigenvalue weighted by atomic mass is 35.5. The van der Waals surface area contributed by atoms with Gasteiger partial charge in [-0.05, 0) is 35.9 Å². The van der Waals surface area contributed by atoms with Crippen LogP contribution in [0.4, 0.5) is 5.82 Å². The lowest BCUT2D eigenvalue weighted by Crippen LogP contribution is -2.14. The zero-order chi connectivity index (χ0) is 20.2. The van der Waals surface area contributed by atoms with Crippen molar-refractivity contribution < 1.29 is 4.79 Å². The molecule has 2 aromatic heterocycles. The number of amides is 1. The van der Waals surface area contributed by atoms with Gasteiger partial charge in [-0.15, -0.1) is 0 Å². The number of fused-ring (bicyclic) bond motifs is 1. The second-order valence-corrected chi connectivity index (χ2v) is 6.54. The van der Waals surface area contributed by atoms with E-state index in [9.17, 15) is 10.1 Å². The van der Waals surface area contributed by atoms with E-state index >= 15 is 0 Å². The summed E-state index contributed by atoms with van der Waals surface area (Å²) in [4.78, 5) is 17.0. The Morgan fingerprint density at radius 2 is 1.90 bits per heavy atom. The summed E-state index contributed by atoms with van der Waals surface area (Å²) in [5.74, 6) is 0.337. The van der Waals surface area contributed by atoms with Crippen molar-refractivity contribution in [3.05, 3.63) is 89.1 Å². The second-order valence-electron chi connectivity index (χ2n) is 6.14. The van der Waals surface area contributed by atoms with E-state index in [4.69, 9.17) is 11.6 Å². The molecule has 0 unspecified atom stereocenters. The number of aromatic nitrogens is 3. The zero-order valence-electron chi connectivity index (χ0n) is 15.1. The number of nitrogens with zero attached hydrogens (tertiary/aromatic N) is 4. The summed E-state index contributed by atoms with van der Waals surface area (Å²) >= 11 is 6.10. The molecule has 4 rings (SSSR count). The molecule has 0 fully saturated rings. The number of carbonyl (C=O) groups excluding carboxylic acids is 1. The van der Waals surface area contributed by atoms with E-state index < -0.39 is 5.91 Å². The molecule has 6 nitrogen and oxygen atoms in total. The van der Waals surface area contributed by atoms with Crippen molar-refractivity contribution in [3.8, 4) is 11.9 Å². The monoisotopic (exact) mass is 399 g/mol. The summed E-state index contributed by atoms with van der Waals surface area (Å²) in [6.45, 7) is 0. The van der Waals surface area contributed by atoms with Gasteiger partial charge >= 0.3 is 0 Å². The molecule has 0 saturated heterocycles. The summed E-state index contributed by atoms with van der Waals surface area (Å²) in [7, 11) is 0. The summed E-state index contributed by atoms with van der Waals surface area (Å²) in [6.07, 6.45) is 4.36. The lowest BCUT2D eigenvalue weighted by molar-refractivity contribution is -0.111. The van der Waals surface area contributed by atoms with Crippen LogP contribution in [0, 0.1) is 11.3 Å². The van der Waals surface area contributed by atoms with Gasteiger partial charge in [-0.1, -0.05) is 48.0 Å². The largest absolute Gasteiger partial charge is 0.306 e. The van der Waals surface area contributed by atoms with E-state index in [1.807, 2.05) is 48.5 Å². The molecule has 0 aliphatic heterocycles. The Hall–Kier alpha value is -3.95. The molecule has 7 heteroatoms. The minimum absolute atomic E-state index is 0.236. The third-order valence-electron chi connectivity index (χ3n) is 4.25. The summed E-state index contributed by atoms with van der Waals surface area (Å²) < 4.78 is 1.44. The summed E-state index contributed by atoms with van der Waals surface area (Å²) in [5.41, 5.74) is 1.74. The first-order chi connectivity index (χ1) is 14.2. The first-order valence-corrected chi connectivity index (χ1v) is 9.11. The molecule has 0 aliphatic rings. The molecule has 0 atom stereocenters. The predicted octanol–water partition coefficient (Wildman–Crippen LogP) is 4.60. The molecule has 0 saturated carbocycles. The Bertz CT molecular complexity index is 1290. The molecule has 0 aliphatic carbocycles. The maximum absolute atomic E-state index is 12.4. The maximum atomic E-state index is 12.4. The van der Waals surface area contributed by atoms with Gasteiger partial charge in [-0.3, -0.25) is 4.79 Å². The lowest BCUT2D eigenvalue weighted by atomic mass is 10.2. The van der Waals surface area contributed by atoms with Crippen LogP contribution in [0.2, 0.25) is 5.02 Å². The molecule has 1 amide bonds. The molecule has 0 spiro atoms. The van der Waals surface area contributed by atoms with Gasteiger partial charge in [-0.2, -0.15) is 15.0 Å². The quantitative estimate of drug-likeness (QED) is 0.508. The number of nitriles is 1. The average molecular weight is 400 g/mol. The van der Waals surface area contributed by atoms with E-state index in [0.717, 1.165) is 16.5 Å².